The van der Waals surface area contributed by atoms with Gasteiger partial charge in [-0.05, 0) is 48.5 Å². The van der Waals surface area contributed by atoms with Crippen LogP contribution in [-0.2, 0) is 14.3 Å². The number of halogens is 1. The van der Waals surface area contributed by atoms with Crippen LogP contribution in [0.25, 0.3) is 0 Å². The molecule has 0 aromatic heterocycles. The molecule has 2 aromatic carbocycles. The lowest BCUT2D eigenvalue weighted by Gasteiger charge is -2.21. The molecular weight excluding hydrogens is 370 g/mol. The predicted molar refractivity (Wildman–Crippen MR) is 99.0 cm³/mol. The summed E-state index contributed by atoms with van der Waals surface area (Å²) in [4.78, 5) is 24.1. The van der Waals surface area contributed by atoms with Crippen molar-refractivity contribution in [3.05, 3.63) is 65.7 Å². The molecule has 2 N–H and O–H groups in total. The highest BCUT2D eigenvalue weighted by atomic mass is 35.5. The number of carboxylic acid groups (broad SMARTS) is 1. The molecular formula is C20H16ClNO5. The molecule has 2 aliphatic rings. The molecule has 4 rings (SSSR count). The van der Waals surface area contributed by atoms with Crippen LogP contribution in [0.15, 0.2) is 60.7 Å². The van der Waals surface area contributed by atoms with Crippen molar-refractivity contribution in [1.82, 2.24) is 0 Å². The lowest BCUT2D eigenvalue weighted by molar-refractivity contribution is -0.145. The Hall–Kier alpha value is -2.83. The van der Waals surface area contributed by atoms with Crippen LogP contribution in [0.2, 0.25) is 5.02 Å². The lowest BCUT2D eigenvalue weighted by atomic mass is 9.82. The minimum Gasteiger partial charge on any atom is -0.481 e. The molecule has 0 radical (unpaired) electrons. The Morgan fingerprint density at radius 3 is 2.07 bits per heavy atom. The fourth-order valence-electron chi connectivity index (χ4n) is 3.39. The standard InChI is InChI=1S/C20H16ClNO5/c21-11-1-5-13(6-2-11)26-14-7-3-12(4-8-14)22-19(23)17-15-9-10-16(27-15)18(17)20(24)25/h1-10,15-18H,(H,22,23)(H,24,25)/t15-,16+,17+,18-/m0/s1. The number of fused-ring (bicyclic) bond motifs is 2. The van der Waals surface area contributed by atoms with E-state index >= 15 is 0 Å². The number of anilines is 1. The van der Waals surface area contributed by atoms with Gasteiger partial charge in [-0.2, -0.15) is 0 Å². The topological polar surface area (TPSA) is 84.9 Å². The van der Waals surface area contributed by atoms with Gasteiger partial charge in [0, 0.05) is 10.7 Å². The van der Waals surface area contributed by atoms with E-state index < -0.39 is 30.0 Å². The normalized spacial score (nSPS) is 25.4. The number of hydrogen-bond donors (Lipinski definition) is 2. The molecule has 2 heterocycles. The van der Waals surface area contributed by atoms with Crippen molar-refractivity contribution in [2.75, 3.05) is 5.32 Å². The molecule has 1 amide bonds. The fourth-order valence-corrected chi connectivity index (χ4v) is 3.51. The average molecular weight is 386 g/mol. The summed E-state index contributed by atoms with van der Waals surface area (Å²) in [7, 11) is 0. The number of rotatable bonds is 5. The average Bonchev–Trinajstić information content (AvgIpc) is 3.26. The molecule has 0 spiro atoms. The van der Waals surface area contributed by atoms with E-state index in [2.05, 4.69) is 5.32 Å². The van der Waals surface area contributed by atoms with Gasteiger partial charge in [-0.1, -0.05) is 23.8 Å². The zero-order chi connectivity index (χ0) is 19.0. The monoisotopic (exact) mass is 385 g/mol. The van der Waals surface area contributed by atoms with Crippen LogP contribution >= 0.6 is 11.6 Å². The zero-order valence-corrected chi connectivity index (χ0v) is 14.8. The van der Waals surface area contributed by atoms with Gasteiger partial charge in [-0.15, -0.1) is 0 Å². The molecule has 27 heavy (non-hydrogen) atoms. The van der Waals surface area contributed by atoms with Crippen molar-refractivity contribution in [1.29, 1.82) is 0 Å². The van der Waals surface area contributed by atoms with E-state index in [1.807, 2.05) is 0 Å². The van der Waals surface area contributed by atoms with Gasteiger partial charge in [0.15, 0.2) is 0 Å². The van der Waals surface area contributed by atoms with E-state index in [9.17, 15) is 14.7 Å². The van der Waals surface area contributed by atoms with Gasteiger partial charge in [0.2, 0.25) is 5.91 Å². The highest BCUT2D eigenvalue weighted by Crippen LogP contribution is 2.40. The van der Waals surface area contributed by atoms with Crippen LogP contribution in [0.3, 0.4) is 0 Å². The van der Waals surface area contributed by atoms with Crippen LogP contribution in [0.4, 0.5) is 5.69 Å². The molecule has 1 fully saturated rings. The van der Waals surface area contributed by atoms with Crippen molar-refractivity contribution in [3.8, 4) is 11.5 Å². The van der Waals surface area contributed by atoms with Crippen LogP contribution in [-0.4, -0.2) is 29.2 Å². The highest BCUT2D eigenvalue weighted by molar-refractivity contribution is 6.30. The highest BCUT2D eigenvalue weighted by Gasteiger charge is 2.53. The summed E-state index contributed by atoms with van der Waals surface area (Å²) in [6, 6.07) is 13.8. The van der Waals surface area contributed by atoms with Gasteiger partial charge in [0.1, 0.15) is 17.4 Å². The lowest BCUT2D eigenvalue weighted by Crippen LogP contribution is -2.39. The van der Waals surface area contributed by atoms with Gasteiger partial charge in [0.25, 0.3) is 0 Å². The summed E-state index contributed by atoms with van der Waals surface area (Å²) < 4.78 is 11.2. The van der Waals surface area contributed by atoms with E-state index in [-0.39, 0.29) is 5.91 Å². The largest absolute Gasteiger partial charge is 0.481 e. The summed E-state index contributed by atoms with van der Waals surface area (Å²) >= 11 is 5.85. The number of amides is 1. The Labute approximate surface area is 160 Å². The van der Waals surface area contributed by atoms with Gasteiger partial charge >= 0.3 is 5.97 Å². The number of ether oxygens (including phenoxy) is 2. The molecule has 0 unspecified atom stereocenters. The Morgan fingerprint density at radius 2 is 1.48 bits per heavy atom. The predicted octanol–water partition coefficient (Wildman–Crippen LogP) is 3.73. The molecule has 2 aliphatic heterocycles. The Morgan fingerprint density at radius 1 is 0.926 bits per heavy atom. The molecule has 138 valence electrons. The van der Waals surface area contributed by atoms with Crippen LogP contribution in [0, 0.1) is 11.8 Å². The summed E-state index contributed by atoms with van der Waals surface area (Å²) in [6.45, 7) is 0. The van der Waals surface area contributed by atoms with E-state index in [4.69, 9.17) is 21.1 Å². The van der Waals surface area contributed by atoms with Crippen molar-refractivity contribution in [3.63, 3.8) is 0 Å². The van der Waals surface area contributed by atoms with Crippen LogP contribution in [0.5, 0.6) is 11.5 Å². The first-order valence-electron chi connectivity index (χ1n) is 8.42. The molecule has 0 aliphatic carbocycles. The number of nitrogens with one attached hydrogen (secondary N) is 1. The fraction of sp³-hybridized carbons (Fsp3) is 0.200. The quantitative estimate of drug-likeness (QED) is 0.766. The number of aliphatic carboxylic acids is 1. The third-order valence-corrected chi connectivity index (χ3v) is 4.91. The molecule has 1 saturated heterocycles. The van der Waals surface area contributed by atoms with E-state index in [1.54, 1.807) is 60.7 Å². The van der Waals surface area contributed by atoms with E-state index in [1.165, 1.54) is 0 Å². The first-order chi connectivity index (χ1) is 13.0. The minimum atomic E-state index is -1.03. The van der Waals surface area contributed by atoms with Gasteiger partial charge in [-0.25, -0.2) is 0 Å². The van der Waals surface area contributed by atoms with Crippen molar-refractivity contribution < 1.29 is 24.2 Å². The van der Waals surface area contributed by atoms with Gasteiger partial charge < -0.3 is 19.9 Å². The van der Waals surface area contributed by atoms with Crippen LogP contribution in [0.1, 0.15) is 0 Å². The van der Waals surface area contributed by atoms with Crippen molar-refractivity contribution in [2.45, 2.75) is 12.2 Å². The minimum absolute atomic E-state index is 0.370. The maximum absolute atomic E-state index is 12.6. The van der Waals surface area contributed by atoms with Crippen molar-refractivity contribution >= 4 is 29.2 Å². The summed E-state index contributed by atoms with van der Waals surface area (Å²) in [5.74, 6) is -1.77. The molecule has 2 aromatic rings. The maximum atomic E-state index is 12.6. The first kappa shape index (κ1) is 17.6. The van der Waals surface area contributed by atoms with E-state index in [0.717, 1.165) is 0 Å². The van der Waals surface area contributed by atoms with Crippen LogP contribution < -0.4 is 10.1 Å². The number of carbonyl (C=O) groups excluding carboxylic acids is 1. The summed E-state index contributed by atoms with van der Waals surface area (Å²) in [6.07, 6.45) is 2.41. The molecule has 0 saturated carbocycles. The SMILES string of the molecule is O=C(O)[C@@H]1[C@H](C(=O)Nc2ccc(Oc3ccc(Cl)cc3)cc2)[C@@H]2C=C[C@H]1O2. The second-order valence-corrected chi connectivity index (χ2v) is 6.85. The van der Waals surface area contributed by atoms with Crippen molar-refractivity contribution in [2.24, 2.45) is 11.8 Å². The first-order valence-corrected chi connectivity index (χ1v) is 8.80. The molecule has 4 atom stereocenters. The smallest absolute Gasteiger partial charge is 0.310 e. The molecule has 6 nitrogen and oxygen atoms in total. The molecule has 7 heteroatoms. The second-order valence-electron chi connectivity index (χ2n) is 6.41. The third kappa shape index (κ3) is 3.54. The number of hydrogen-bond acceptors (Lipinski definition) is 4. The number of benzene rings is 2. The van der Waals surface area contributed by atoms with E-state index in [0.29, 0.717) is 22.2 Å². The zero-order valence-electron chi connectivity index (χ0n) is 14.0. The van der Waals surface area contributed by atoms with Gasteiger partial charge in [0.05, 0.1) is 18.1 Å². The Kier molecular flexibility index (Phi) is 4.59. The summed E-state index contributed by atoms with van der Waals surface area (Å²) in [5, 5.41) is 12.8. The molecule has 2 bridgehead atoms. The maximum Gasteiger partial charge on any atom is 0.310 e. The number of carbonyl (C=O) groups is 2. The second kappa shape index (κ2) is 7.06. The Balaban J connectivity index is 1.42. The summed E-state index contributed by atoms with van der Waals surface area (Å²) in [5.41, 5.74) is 0.555. The third-order valence-electron chi connectivity index (χ3n) is 4.66. The van der Waals surface area contributed by atoms with Gasteiger partial charge in [-0.3, -0.25) is 9.59 Å². The Bertz CT molecular complexity index is 894. The number of carboxylic acids is 1.